The summed E-state index contributed by atoms with van der Waals surface area (Å²) in [5.41, 5.74) is 6.59. The van der Waals surface area contributed by atoms with Gasteiger partial charge in [-0.2, -0.15) is 13.2 Å². The van der Waals surface area contributed by atoms with Crippen molar-refractivity contribution in [1.29, 1.82) is 0 Å². The number of ether oxygens (including phenoxy) is 1. The van der Waals surface area contributed by atoms with Crippen molar-refractivity contribution in [3.05, 3.63) is 40.2 Å². The number of rotatable bonds is 5. The number of hydrogen-bond donors (Lipinski definition) is 0. The molecule has 0 aliphatic rings. The lowest BCUT2D eigenvalue weighted by molar-refractivity contribution is -0.134. The van der Waals surface area contributed by atoms with E-state index in [2.05, 4.69) is 4.98 Å². The van der Waals surface area contributed by atoms with E-state index in [-0.39, 0.29) is 17.3 Å². The highest BCUT2D eigenvalue weighted by Crippen LogP contribution is 2.37. The van der Waals surface area contributed by atoms with Crippen LogP contribution in [0.15, 0.2) is 29.6 Å². The van der Waals surface area contributed by atoms with E-state index in [1.807, 2.05) is 0 Å². The molecule has 0 saturated heterocycles. The number of hydrogen-bond acceptors (Lipinski definition) is 4. The van der Waals surface area contributed by atoms with Gasteiger partial charge in [-0.15, -0.1) is 11.3 Å². The van der Waals surface area contributed by atoms with Gasteiger partial charge in [-0.3, -0.25) is 10.5 Å². The van der Waals surface area contributed by atoms with Gasteiger partial charge in [0.1, 0.15) is 10.6 Å². The summed E-state index contributed by atoms with van der Waals surface area (Å²) in [6, 6.07) is 4.87. The van der Waals surface area contributed by atoms with Crippen LogP contribution in [-0.4, -0.2) is 10.9 Å². The number of carbonyl (C=O) groups is 1. The van der Waals surface area contributed by atoms with Gasteiger partial charge in [0.25, 0.3) is 0 Å². The summed E-state index contributed by atoms with van der Waals surface area (Å²) in [7, 11) is 0. The molecule has 4 nitrogen and oxygen atoms in total. The van der Waals surface area contributed by atoms with E-state index in [1.165, 1.54) is 18.2 Å². The quantitative estimate of drug-likeness (QED) is 0.772. The molecule has 117 valence electrons. The van der Waals surface area contributed by atoms with E-state index in [0.29, 0.717) is 11.3 Å². The summed E-state index contributed by atoms with van der Waals surface area (Å²) in [5.74, 6) is -1.23. The number of halogens is 4. The summed E-state index contributed by atoms with van der Waals surface area (Å²) < 4.78 is 56.2. The molecule has 0 spiro atoms. The highest BCUT2D eigenvalue weighted by molar-refractivity contribution is 7.10. The zero-order valence-corrected chi connectivity index (χ0v) is 11.7. The maximum atomic E-state index is 13.7. The highest BCUT2D eigenvalue weighted by atomic mass is 32.1. The number of nitrogens with zero attached hydrogens (tertiary/aromatic N) is 1. The van der Waals surface area contributed by atoms with E-state index in [0.717, 1.165) is 11.4 Å². The van der Waals surface area contributed by atoms with Gasteiger partial charge in [-0.25, -0.2) is 9.37 Å². The van der Waals surface area contributed by atoms with Crippen LogP contribution in [0.2, 0.25) is 0 Å². The van der Waals surface area contributed by atoms with Gasteiger partial charge in [0.05, 0.1) is 12.1 Å². The molecule has 1 amide bonds. The van der Waals surface area contributed by atoms with Crippen molar-refractivity contribution in [3.8, 4) is 11.6 Å². The maximum absolute atomic E-state index is 13.7. The average Bonchev–Trinajstić information content (AvgIpc) is 2.86. The smallest absolute Gasteiger partial charge is 0.425 e. The number of aromatic nitrogens is 1. The zero-order valence-electron chi connectivity index (χ0n) is 10.9. The Morgan fingerprint density at radius 1 is 1.41 bits per heavy atom. The van der Waals surface area contributed by atoms with Gasteiger partial charge in [0.15, 0.2) is 6.17 Å². The molecule has 2 heterocycles. The summed E-state index contributed by atoms with van der Waals surface area (Å²) in [5, 5.41) is 1.16. The van der Waals surface area contributed by atoms with Crippen LogP contribution in [0.25, 0.3) is 0 Å². The van der Waals surface area contributed by atoms with E-state index < -0.39 is 29.6 Å². The number of thiophene rings is 1. The van der Waals surface area contributed by atoms with Gasteiger partial charge >= 0.3 is 6.18 Å². The third-order valence-electron chi connectivity index (χ3n) is 2.51. The van der Waals surface area contributed by atoms with E-state index in [1.54, 1.807) is 0 Å². The predicted molar refractivity (Wildman–Crippen MR) is 70.2 cm³/mol. The number of pyridine rings is 1. The van der Waals surface area contributed by atoms with Crippen molar-refractivity contribution in [2.75, 3.05) is 0 Å². The molecule has 0 fully saturated rings. The molecule has 22 heavy (non-hydrogen) atoms. The molecule has 0 bridgehead atoms. The zero-order chi connectivity index (χ0) is 16.3. The predicted octanol–water partition coefficient (Wildman–Crippen LogP) is 4.16. The summed E-state index contributed by atoms with van der Waals surface area (Å²) in [6.07, 6.45) is -6.87. The van der Waals surface area contributed by atoms with Gasteiger partial charge in [-0.1, -0.05) is 6.07 Å². The molecule has 9 heteroatoms. The summed E-state index contributed by atoms with van der Waals surface area (Å²) in [4.78, 5) is 13.5. The third-order valence-corrected chi connectivity index (χ3v) is 3.46. The monoisotopic (exact) mass is 333 g/mol. The second kappa shape index (κ2) is 6.30. The fraction of sp³-hybridized carbons (Fsp3) is 0.231. The van der Waals surface area contributed by atoms with Gasteiger partial charge in [0, 0.05) is 17.5 Å². The number of carbonyl (C=O) groups excluding carboxylic acids is 1. The van der Waals surface area contributed by atoms with E-state index in [9.17, 15) is 22.4 Å². The molecule has 2 rings (SSSR count). The largest absolute Gasteiger partial charge is 0.438 e. The normalized spacial score (nSPS) is 12.9. The Kier molecular flexibility index (Phi) is 4.65. The third kappa shape index (κ3) is 4.17. The SMILES string of the molecule is [NH]C(=O)CC(F)c1cccc(Oc2csc(C(F)(F)F)c2)n1. The molecule has 1 N–H and O–H groups in total. The number of nitrogens with one attached hydrogen (secondary N) is 1. The van der Waals surface area contributed by atoms with Crippen LogP contribution >= 0.6 is 11.3 Å². The fourth-order valence-corrected chi connectivity index (χ4v) is 2.25. The maximum Gasteiger partial charge on any atom is 0.425 e. The molecule has 0 aromatic carbocycles. The Balaban J connectivity index is 2.13. The van der Waals surface area contributed by atoms with Crippen LogP contribution in [0.4, 0.5) is 17.6 Å². The average molecular weight is 333 g/mol. The molecular weight excluding hydrogens is 324 g/mol. The van der Waals surface area contributed by atoms with Crippen LogP contribution in [-0.2, 0) is 11.0 Å². The Hall–Kier alpha value is -2.16. The Morgan fingerprint density at radius 3 is 2.73 bits per heavy atom. The topological polar surface area (TPSA) is 63.0 Å². The van der Waals surface area contributed by atoms with Gasteiger partial charge < -0.3 is 4.74 Å². The molecule has 1 radical (unpaired) electrons. The standard InChI is InChI=1S/C13H9F4N2O2S/c14-8(5-11(18)20)9-2-1-3-12(19-9)21-7-4-10(22-6-7)13(15,16)17/h1-4,6,8,18H,5H2. The minimum Gasteiger partial charge on any atom is -0.438 e. The fourth-order valence-electron chi connectivity index (χ4n) is 1.57. The first kappa shape index (κ1) is 16.2. The van der Waals surface area contributed by atoms with Crippen LogP contribution in [0, 0.1) is 0 Å². The summed E-state index contributed by atoms with van der Waals surface area (Å²) >= 11 is 0.473. The van der Waals surface area contributed by atoms with Crippen LogP contribution < -0.4 is 10.5 Å². The second-order valence-electron chi connectivity index (χ2n) is 4.24. The highest BCUT2D eigenvalue weighted by Gasteiger charge is 2.32. The van der Waals surface area contributed by atoms with Crippen LogP contribution in [0.3, 0.4) is 0 Å². The van der Waals surface area contributed by atoms with Gasteiger partial charge in [-0.05, 0) is 6.07 Å². The molecule has 2 aromatic heterocycles. The molecule has 0 saturated carbocycles. The van der Waals surface area contributed by atoms with Crippen molar-refractivity contribution >= 4 is 17.2 Å². The van der Waals surface area contributed by atoms with Crippen molar-refractivity contribution in [2.24, 2.45) is 0 Å². The molecule has 1 unspecified atom stereocenters. The lowest BCUT2D eigenvalue weighted by atomic mass is 10.2. The summed E-state index contributed by atoms with van der Waals surface area (Å²) in [6.45, 7) is 0. The molecule has 0 aliphatic heterocycles. The lowest BCUT2D eigenvalue weighted by Crippen LogP contribution is -2.05. The first-order valence-electron chi connectivity index (χ1n) is 5.95. The van der Waals surface area contributed by atoms with Crippen LogP contribution in [0.5, 0.6) is 11.6 Å². The Bertz CT molecular complexity index is 672. The number of amides is 1. The van der Waals surface area contributed by atoms with Crippen molar-refractivity contribution in [2.45, 2.75) is 18.8 Å². The van der Waals surface area contributed by atoms with Crippen molar-refractivity contribution < 1.29 is 27.1 Å². The Labute approximate surface area is 126 Å². The molecule has 1 atom stereocenters. The first-order chi connectivity index (χ1) is 10.3. The van der Waals surface area contributed by atoms with Crippen molar-refractivity contribution in [1.82, 2.24) is 10.7 Å². The molecular formula is C13H9F4N2O2S. The minimum absolute atomic E-state index is 0.0612. The first-order valence-corrected chi connectivity index (χ1v) is 6.82. The molecule has 0 aliphatic carbocycles. The molecule has 2 aromatic rings. The second-order valence-corrected chi connectivity index (χ2v) is 5.15. The number of alkyl halides is 4. The van der Waals surface area contributed by atoms with Crippen molar-refractivity contribution in [3.63, 3.8) is 0 Å². The minimum atomic E-state index is -4.46. The van der Waals surface area contributed by atoms with E-state index in [4.69, 9.17) is 10.5 Å². The Morgan fingerprint density at radius 2 is 2.14 bits per heavy atom. The van der Waals surface area contributed by atoms with Crippen LogP contribution in [0.1, 0.15) is 23.2 Å². The van der Waals surface area contributed by atoms with Gasteiger partial charge in [0.2, 0.25) is 11.8 Å². The van der Waals surface area contributed by atoms with E-state index >= 15 is 0 Å². The lowest BCUT2D eigenvalue weighted by Gasteiger charge is -2.07.